The molecule has 1 aromatic carbocycles. The van der Waals surface area contributed by atoms with Crippen molar-refractivity contribution in [3.63, 3.8) is 0 Å². The first-order chi connectivity index (χ1) is 10.1. The second-order valence-electron chi connectivity index (χ2n) is 4.77. The van der Waals surface area contributed by atoms with E-state index in [2.05, 4.69) is 5.10 Å². The third kappa shape index (κ3) is 1.59. The van der Waals surface area contributed by atoms with Crippen molar-refractivity contribution >= 4 is 27.9 Å². The molecule has 0 fully saturated rings. The van der Waals surface area contributed by atoms with Gasteiger partial charge in [0.2, 0.25) is 0 Å². The lowest BCUT2D eigenvalue weighted by Crippen LogP contribution is -1.99. The van der Waals surface area contributed by atoms with Crippen LogP contribution in [0.15, 0.2) is 45.6 Å². The monoisotopic (exact) mass is 282 g/mol. The van der Waals surface area contributed by atoms with Gasteiger partial charge in [0.1, 0.15) is 11.2 Å². The molecule has 0 unspecified atom stereocenters. The zero-order chi connectivity index (χ0) is 14.6. The van der Waals surface area contributed by atoms with Crippen molar-refractivity contribution in [2.24, 2.45) is 7.05 Å². The molecule has 6 nitrogen and oxygen atoms in total. The molecule has 0 spiro atoms. The Morgan fingerprint density at radius 1 is 1.24 bits per heavy atom. The number of nitrogens with zero attached hydrogens (tertiary/aromatic N) is 2. The zero-order valence-electron chi connectivity index (χ0n) is 11.0. The summed E-state index contributed by atoms with van der Waals surface area (Å²) >= 11 is 0. The van der Waals surface area contributed by atoms with Crippen LogP contribution in [0.25, 0.3) is 33.2 Å². The number of hydrogen-bond donors (Lipinski definition) is 1. The summed E-state index contributed by atoms with van der Waals surface area (Å²) in [5, 5.41) is 14.9. The summed E-state index contributed by atoms with van der Waals surface area (Å²) in [6.45, 7) is 0. The van der Waals surface area contributed by atoms with E-state index in [0.717, 1.165) is 21.9 Å². The van der Waals surface area contributed by atoms with E-state index in [9.17, 15) is 4.79 Å². The molecule has 0 aliphatic heterocycles. The topological polar surface area (TPSA) is 81.4 Å². The van der Waals surface area contributed by atoms with Gasteiger partial charge in [-0.2, -0.15) is 5.10 Å². The molecular weight excluding hydrogens is 272 g/mol. The Morgan fingerprint density at radius 3 is 2.81 bits per heavy atom. The molecule has 6 heteroatoms. The van der Waals surface area contributed by atoms with Gasteiger partial charge in [-0.1, -0.05) is 0 Å². The number of carboxylic acid groups (broad SMARTS) is 1. The van der Waals surface area contributed by atoms with Crippen LogP contribution in [0.5, 0.6) is 0 Å². The van der Waals surface area contributed by atoms with Gasteiger partial charge < -0.3 is 13.9 Å². The normalized spacial score (nSPS) is 11.5. The van der Waals surface area contributed by atoms with Crippen molar-refractivity contribution in [1.29, 1.82) is 0 Å². The van der Waals surface area contributed by atoms with Gasteiger partial charge in [-0.25, -0.2) is 4.79 Å². The van der Waals surface area contributed by atoms with Gasteiger partial charge in [0.15, 0.2) is 5.69 Å². The largest absolute Gasteiger partial charge is 0.476 e. The van der Waals surface area contributed by atoms with Crippen LogP contribution >= 0.6 is 0 Å². The van der Waals surface area contributed by atoms with Crippen molar-refractivity contribution in [3.05, 3.63) is 42.5 Å². The van der Waals surface area contributed by atoms with Gasteiger partial charge in [-0.15, -0.1) is 0 Å². The lowest BCUT2D eigenvalue weighted by atomic mass is 10.0. The summed E-state index contributed by atoms with van der Waals surface area (Å²) in [6.07, 6.45) is 3.20. The minimum absolute atomic E-state index is 0.00676. The highest BCUT2D eigenvalue weighted by atomic mass is 16.4. The van der Waals surface area contributed by atoms with Crippen molar-refractivity contribution in [1.82, 2.24) is 9.78 Å². The molecule has 0 atom stereocenters. The Bertz CT molecular complexity index is 941. The van der Waals surface area contributed by atoms with E-state index in [1.54, 1.807) is 19.6 Å². The second kappa shape index (κ2) is 3.99. The van der Waals surface area contributed by atoms with Gasteiger partial charge in [0, 0.05) is 17.8 Å². The van der Waals surface area contributed by atoms with Crippen LogP contribution in [0.1, 0.15) is 10.5 Å². The van der Waals surface area contributed by atoms with E-state index >= 15 is 0 Å². The average molecular weight is 282 g/mol. The molecule has 104 valence electrons. The molecule has 3 aromatic heterocycles. The maximum atomic E-state index is 11.1. The van der Waals surface area contributed by atoms with Crippen LogP contribution in [0, 0.1) is 0 Å². The minimum atomic E-state index is -1.06. The summed E-state index contributed by atoms with van der Waals surface area (Å²) in [7, 11) is 1.70. The molecule has 0 saturated carbocycles. The fraction of sp³-hybridized carbons (Fsp3) is 0.0667. The smallest absolute Gasteiger partial charge is 0.356 e. The second-order valence-corrected chi connectivity index (χ2v) is 4.77. The zero-order valence-corrected chi connectivity index (χ0v) is 11.0. The van der Waals surface area contributed by atoms with Crippen LogP contribution in [-0.2, 0) is 7.05 Å². The van der Waals surface area contributed by atoms with E-state index in [1.165, 1.54) is 10.7 Å². The summed E-state index contributed by atoms with van der Waals surface area (Å²) in [6, 6.07) is 7.10. The molecular formula is C15H10N2O4. The molecule has 0 saturated heterocycles. The van der Waals surface area contributed by atoms with Crippen LogP contribution < -0.4 is 0 Å². The molecule has 3 heterocycles. The predicted molar refractivity (Wildman–Crippen MR) is 75.1 cm³/mol. The number of carbonyl (C=O) groups is 1. The quantitative estimate of drug-likeness (QED) is 0.610. The standard InChI is InChI=1S/C15H10N2O4/c1-17-11(7-10(16-17)15(18)19)13-9-3-5-20-12(9)6-8-2-4-21-14(8)13/h2-7H,1H3,(H,18,19). The summed E-state index contributed by atoms with van der Waals surface area (Å²) < 4.78 is 12.6. The number of carboxylic acids is 1. The van der Waals surface area contributed by atoms with Crippen LogP contribution in [0.2, 0.25) is 0 Å². The highest BCUT2D eigenvalue weighted by molar-refractivity contribution is 6.08. The van der Waals surface area contributed by atoms with Gasteiger partial charge in [-0.05, 0) is 24.3 Å². The average Bonchev–Trinajstić information content (AvgIpc) is 3.14. The first kappa shape index (κ1) is 11.8. The van der Waals surface area contributed by atoms with E-state index in [4.69, 9.17) is 13.9 Å². The highest BCUT2D eigenvalue weighted by Crippen LogP contribution is 2.37. The van der Waals surface area contributed by atoms with Crippen molar-refractivity contribution in [2.45, 2.75) is 0 Å². The Labute approximate surface area is 118 Å². The van der Waals surface area contributed by atoms with Crippen molar-refractivity contribution in [2.75, 3.05) is 0 Å². The summed E-state index contributed by atoms with van der Waals surface area (Å²) in [4.78, 5) is 11.1. The van der Waals surface area contributed by atoms with E-state index < -0.39 is 5.97 Å². The molecule has 4 aromatic rings. The Kier molecular flexibility index (Phi) is 2.24. The first-order valence-corrected chi connectivity index (χ1v) is 6.30. The Morgan fingerprint density at radius 2 is 2.05 bits per heavy atom. The molecule has 0 aliphatic carbocycles. The lowest BCUT2D eigenvalue weighted by Gasteiger charge is -2.04. The molecule has 1 N–H and O–H groups in total. The number of aromatic carboxylic acids is 1. The molecule has 0 bridgehead atoms. The SMILES string of the molecule is Cn1nc(C(=O)O)cc1-c1c2ccoc2cc2ccoc12. The number of aryl methyl sites for hydroxylation is 1. The summed E-state index contributed by atoms with van der Waals surface area (Å²) in [5.41, 5.74) is 2.84. The van der Waals surface area contributed by atoms with Crippen LogP contribution in [0.3, 0.4) is 0 Å². The van der Waals surface area contributed by atoms with Crippen molar-refractivity contribution < 1.29 is 18.7 Å². The van der Waals surface area contributed by atoms with E-state index in [-0.39, 0.29) is 5.69 Å². The molecule has 4 rings (SSSR count). The maximum Gasteiger partial charge on any atom is 0.356 e. The number of benzene rings is 1. The maximum absolute atomic E-state index is 11.1. The third-order valence-corrected chi connectivity index (χ3v) is 3.53. The fourth-order valence-corrected chi connectivity index (χ4v) is 2.60. The molecule has 0 radical (unpaired) electrons. The minimum Gasteiger partial charge on any atom is -0.476 e. The van der Waals surface area contributed by atoms with E-state index in [0.29, 0.717) is 11.3 Å². The molecule has 21 heavy (non-hydrogen) atoms. The van der Waals surface area contributed by atoms with Gasteiger partial charge in [0.05, 0.1) is 23.8 Å². The molecule has 0 aliphatic rings. The van der Waals surface area contributed by atoms with E-state index in [1.807, 2.05) is 18.2 Å². The molecule has 0 amide bonds. The number of fused-ring (bicyclic) bond motifs is 2. The van der Waals surface area contributed by atoms with Crippen molar-refractivity contribution in [3.8, 4) is 11.3 Å². The highest BCUT2D eigenvalue weighted by Gasteiger charge is 2.19. The van der Waals surface area contributed by atoms with Crippen LogP contribution in [0.4, 0.5) is 0 Å². The predicted octanol–water partition coefficient (Wildman–Crippen LogP) is 3.28. The summed E-state index contributed by atoms with van der Waals surface area (Å²) in [5.74, 6) is -1.06. The van der Waals surface area contributed by atoms with Gasteiger partial charge in [0.25, 0.3) is 0 Å². The first-order valence-electron chi connectivity index (χ1n) is 6.30. The number of furan rings is 2. The number of aromatic nitrogens is 2. The Balaban J connectivity index is 2.14. The number of hydrogen-bond acceptors (Lipinski definition) is 4. The number of rotatable bonds is 2. The van der Waals surface area contributed by atoms with Gasteiger partial charge >= 0.3 is 5.97 Å². The van der Waals surface area contributed by atoms with Gasteiger partial charge in [-0.3, -0.25) is 4.68 Å². The van der Waals surface area contributed by atoms with Crippen LogP contribution in [-0.4, -0.2) is 20.9 Å². The Hall–Kier alpha value is -3.02. The lowest BCUT2D eigenvalue weighted by molar-refractivity contribution is 0.0689. The third-order valence-electron chi connectivity index (χ3n) is 3.53. The fourth-order valence-electron chi connectivity index (χ4n) is 2.60.